The van der Waals surface area contributed by atoms with Crippen molar-refractivity contribution in [1.29, 1.82) is 0 Å². The van der Waals surface area contributed by atoms with E-state index in [9.17, 15) is 14.9 Å². The average Bonchev–Trinajstić information content (AvgIpc) is 2.72. The second-order valence-corrected chi connectivity index (χ2v) is 6.58. The normalized spacial score (nSPS) is 14.6. The predicted molar refractivity (Wildman–Crippen MR) is 107 cm³/mol. The zero-order valence-electron chi connectivity index (χ0n) is 15.2. The molecule has 2 aromatic carbocycles. The van der Waals surface area contributed by atoms with Crippen LogP contribution in [0.5, 0.6) is 0 Å². The van der Waals surface area contributed by atoms with Gasteiger partial charge < -0.3 is 9.80 Å². The summed E-state index contributed by atoms with van der Waals surface area (Å²) in [5.74, 6) is -0.00696. The van der Waals surface area contributed by atoms with Crippen molar-refractivity contribution in [3.63, 3.8) is 0 Å². The van der Waals surface area contributed by atoms with Crippen LogP contribution in [0.2, 0.25) is 0 Å². The second kappa shape index (κ2) is 8.49. The monoisotopic (exact) mass is 365 g/mol. The topological polar surface area (TPSA) is 66.7 Å². The fourth-order valence-corrected chi connectivity index (χ4v) is 3.53. The number of para-hydroxylation sites is 3. The highest BCUT2D eigenvalue weighted by Crippen LogP contribution is 2.32. The van der Waals surface area contributed by atoms with Crippen LogP contribution in [0, 0.1) is 16.0 Å². The fraction of sp³-hybridized carbons (Fsp3) is 0.286. The van der Waals surface area contributed by atoms with E-state index in [1.54, 1.807) is 29.2 Å². The summed E-state index contributed by atoms with van der Waals surface area (Å²) in [4.78, 5) is 27.7. The maximum atomic E-state index is 13.1. The molecule has 1 amide bonds. The van der Waals surface area contributed by atoms with E-state index in [-0.39, 0.29) is 22.4 Å². The summed E-state index contributed by atoms with van der Waals surface area (Å²) >= 11 is 0. The van der Waals surface area contributed by atoms with Crippen LogP contribution in [0.3, 0.4) is 0 Å². The zero-order valence-corrected chi connectivity index (χ0v) is 15.2. The van der Waals surface area contributed by atoms with Gasteiger partial charge in [-0.25, -0.2) is 0 Å². The summed E-state index contributed by atoms with van der Waals surface area (Å²) in [6.45, 7) is 5.48. The number of nitrogens with zero attached hydrogens (tertiary/aromatic N) is 3. The lowest BCUT2D eigenvalue weighted by molar-refractivity contribution is -0.384. The number of hydrogen-bond acceptors (Lipinski definition) is 4. The first-order valence-electron chi connectivity index (χ1n) is 9.07. The number of hydrogen-bond donors (Lipinski definition) is 0. The molecule has 3 rings (SSSR count). The maximum Gasteiger partial charge on any atom is 0.292 e. The number of benzene rings is 2. The summed E-state index contributed by atoms with van der Waals surface area (Å²) in [5, 5.41) is 11.3. The molecule has 0 radical (unpaired) electrons. The van der Waals surface area contributed by atoms with Crippen molar-refractivity contribution in [2.45, 2.75) is 12.8 Å². The largest absolute Gasteiger partial charge is 0.366 e. The minimum Gasteiger partial charge on any atom is -0.366 e. The van der Waals surface area contributed by atoms with Gasteiger partial charge >= 0.3 is 0 Å². The number of nitro benzene ring substituents is 1. The average molecular weight is 365 g/mol. The number of anilines is 2. The Hall–Kier alpha value is -3.15. The van der Waals surface area contributed by atoms with E-state index in [0.717, 1.165) is 5.69 Å². The lowest BCUT2D eigenvalue weighted by atomic mass is 9.94. The molecule has 0 bridgehead atoms. The molecule has 0 N–H and O–H groups in total. The zero-order chi connectivity index (χ0) is 19.2. The molecule has 140 valence electrons. The first-order valence-corrected chi connectivity index (χ1v) is 9.07. The molecule has 1 saturated heterocycles. The molecule has 1 heterocycles. The summed E-state index contributed by atoms with van der Waals surface area (Å²) in [5.41, 5.74) is 1.60. The first kappa shape index (κ1) is 18.6. The third kappa shape index (κ3) is 4.16. The lowest BCUT2D eigenvalue weighted by Crippen LogP contribution is -2.43. The highest BCUT2D eigenvalue weighted by Gasteiger charge is 2.30. The van der Waals surface area contributed by atoms with Gasteiger partial charge in [0.1, 0.15) is 5.69 Å². The first-order chi connectivity index (χ1) is 13.1. The minimum absolute atomic E-state index is 0.0864. The number of rotatable bonds is 6. The molecule has 0 saturated carbocycles. The molecule has 0 spiro atoms. The van der Waals surface area contributed by atoms with Gasteiger partial charge in [0, 0.05) is 37.3 Å². The van der Waals surface area contributed by atoms with Gasteiger partial charge in [0.05, 0.1) is 4.92 Å². The van der Waals surface area contributed by atoms with Gasteiger partial charge in [0.2, 0.25) is 5.91 Å². The molecular formula is C21H23N3O3. The molecule has 27 heavy (non-hydrogen) atoms. The molecule has 1 aliphatic rings. The van der Waals surface area contributed by atoms with Gasteiger partial charge in [-0.15, -0.1) is 6.58 Å². The fourth-order valence-electron chi connectivity index (χ4n) is 3.53. The Bertz CT molecular complexity index is 814. The summed E-state index contributed by atoms with van der Waals surface area (Å²) in [6, 6.07) is 16.4. The van der Waals surface area contributed by atoms with Crippen LogP contribution in [-0.2, 0) is 4.79 Å². The molecule has 2 aromatic rings. The highest BCUT2D eigenvalue weighted by atomic mass is 16.6. The summed E-state index contributed by atoms with van der Waals surface area (Å²) in [7, 11) is 0. The summed E-state index contributed by atoms with van der Waals surface area (Å²) < 4.78 is 0. The predicted octanol–water partition coefficient (Wildman–Crippen LogP) is 4.03. The van der Waals surface area contributed by atoms with Crippen LogP contribution < -0.4 is 9.80 Å². The number of nitro groups is 1. The molecule has 0 atom stereocenters. The van der Waals surface area contributed by atoms with Crippen molar-refractivity contribution >= 4 is 23.0 Å². The Morgan fingerprint density at radius 3 is 2.41 bits per heavy atom. The molecule has 0 unspecified atom stereocenters. The van der Waals surface area contributed by atoms with Crippen molar-refractivity contribution in [2.75, 3.05) is 29.4 Å². The van der Waals surface area contributed by atoms with Gasteiger partial charge in [-0.3, -0.25) is 14.9 Å². The van der Waals surface area contributed by atoms with Gasteiger partial charge in [0.15, 0.2) is 0 Å². The molecule has 1 fully saturated rings. The second-order valence-electron chi connectivity index (χ2n) is 6.58. The van der Waals surface area contributed by atoms with E-state index in [1.807, 2.05) is 35.2 Å². The van der Waals surface area contributed by atoms with Crippen LogP contribution in [-0.4, -0.2) is 30.5 Å². The van der Waals surface area contributed by atoms with Crippen molar-refractivity contribution in [3.8, 4) is 0 Å². The van der Waals surface area contributed by atoms with Crippen LogP contribution in [0.1, 0.15) is 12.8 Å². The number of amides is 1. The van der Waals surface area contributed by atoms with Crippen LogP contribution in [0.25, 0.3) is 0 Å². The van der Waals surface area contributed by atoms with E-state index in [1.165, 1.54) is 6.07 Å². The van der Waals surface area contributed by atoms with Crippen LogP contribution >= 0.6 is 0 Å². The van der Waals surface area contributed by atoms with E-state index >= 15 is 0 Å². The Morgan fingerprint density at radius 2 is 1.78 bits per heavy atom. The molecule has 0 aliphatic carbocycles. The molecule has 6 heteroatoms. The Morgan fingerprint density at radius 1 is 1.15 bits per heavy atom. The lowest BCUT2D eigenvalue weighted by Gasteiger charge is -2.35. The van der Waals surface area contributed by atoms with Gasteiger partial charge in [-0.1, -0.05) is 36.4 Å². The molecule has 6 nitrogen and oxygen atoms in total. The van der Waals surface area contributed by atoms with E-state index in [0.29, 0.717) is 38.2 Å². The summed E-state index contributed by atoms with van der Waals surface area (Å²) in [6.07, 6.45) is 3.07. The third-order valence-electron chi connectivity index (χ3n) is 4.91. The number of carbonyl (C=O) groups excluding carboxylic acids is 1. The third-order valence-corrected chi connectivity index (χ3v) is 4.91. The standard InChI is InChI=1S/C21H23N3O3/c1-2-14-23(18-8-4-3-5-9-18)21(25)17-12-15-22(16-13-17)19-10-6-7-11-20(19)24(26)27/h2-11,17H,1,12-16H2. The van der Waals surface area contributed by atoms with Crippen molar-refractivity contribution < 1.29 is 9.72 Å². The number of carbonyl (C=O) groups is 1. The van der Waals surface area contributed by atoms with E-state index < -0.39 is 0 Å². The van der Waals surface area contributed by atoms with E-state index in [4.69, 9.17) is 0 Å². The smallest absolute Gasteiger partial charge is 0.292 e. The minimum atomic E-state index is -0.353. The molecule has 0 aromatic heterocycles. The van der Waals surface area contributed by atoms with Crippen molar-refractivity contribution in [3.05, 3.63) is 77.4 Å². The van der Waals surface area contributed by atoms with Crippen LogP contribution in [0.4, 0.5) is 17.1 Å². The van der Waals surface area contributed by atoms with Gasteiger partial charge in [0.25, 0.3) is 5.69 Å². The molecular weight excluding hydrogens is 342 g/mol. The van der Waals surface area contributed by atoms with E-state index in [2.05, 4.69) is 6.58 Å². The van der Waals surface area contributed by atoms with Crippen molar-refractivity contribution in [1.82, 2.24) is 0 Å². The quantitative estimate of drug-likeness (QED) is 0.440. The van der Waals surface area contributed by atoms with Gasteiger partial charge in [-0.05, 0) is 31.0 Å². The maximum absolute atomic E-state index is 13.1. The Labute approximate surface area is 158 Å². The number of piperidine rings is 1. The van der Waals surface area contributed by atoms with Crippen molar-refractivity contribution in [2.24, 2.45) is 5.92 Å². The molecule has 1 aliphatic heterocycles. The van der Waals surface area contributed by atoms with Crippen LogP contribution in [0.15, 0.2) is 67.3 Å². The Balaban J connectivity index is 1.70. The highest BCUT2D eigenvalue weighted by molar-refractivity contribution is 5.95. The SMILES string of the molecule is C=CCN(C(=O)C1CCN(c2ccccc2[N+](=O)[O-])CC1)c1ccccc1. The Kier molecular flexibility index (Phi) is 5.86. The van der Waals surface area contributed by atoms with Gasteiger partial charge in [-0.2, -0.15) is 0 Å².